The minimum absolute atomic E-state index is 0.354. The average molecular weight is 500 g/mol. The monoisotopic (exact) mass is 499 g/mol. The summed E-state index contributed by atoms with van der Waals surface area (Å²) in [6.07, 6.45) is 1.97. The topological polar surface area (TPSA) is 68.2 Å². The summed E-state index contributed by atoms with van der Waals surface area (Å²) < 4.78 is 17.5. The minimum Gasteiger partial charge on any atom is -0.489 e. The number of carbonyl (C=O) groups is 1. The maximum Gasteiger partial charge on any atom is 0.341 e. The van der Waals surface area contributed by atoms with Gasteiger partial charge in [-0.3, -0.25) is 4.90 Å². The molecule has 7 heteroatoms. The van der Waals surface area contributed by atoms with Crippen LogP contribution in [0.3, 0.4) is 0 Å². The number of aliphatic carboxylic acids is 1. The van der Waals surface area contributed by atoms with Crippen LogP contribution in [0.15, 0.2) is 53.0 Å². The molecule has 1 saturated heterocycles. The number of rotatable bonds is 8. The molecule has 3 rings (SSSR count). The number of ether oxygens (including phenoxy) is 3. The molecule has 168 valence electrons. The lowest BCUT2D eigenvalue weighted by molar-refractivity contribution is -0.139. The fraction of sp³-hybridized carbons (Fsp3) is 0.320. The quantitative estimate of drug-likeness (QED) is 0.553. The Labute approximate surface area is 196 Å². The van der Waals surface area contributed by atoms with E-state index in [4.69, 9.17) is 19.3 Å². The van der Waals surface area contributed by atoms with Crippen molar-refractivity contribution < 1.29 is 24.1 Å². The highest BCUT2D eigenvalue weighted by molar-refractivity contribution is 9.10. The number of halogens is 1. The molecule has 2 aromatic carbocycles. The van der Waals surface area contributed by atoms with Gasteiger partial charge in [0.15, 0.2) is 6.61 Å². The smallest absolute Gasteiger partial charge is 0.341 e. The van der Waals surface area contributed by atoms with Gasteiger partial charge in [-0.15, -0.1) is 0 Å². The van der Waals surface area contributed by atoms with Crippen molar-refractivity contribution in [2.24, 2.45) is 0 Å². The Morgan fingerprint density at radius 3 is 2.62 bits per heavy atom. The molecule has 1 aliphatic rings. The fourth-order valence-electron chi connectivity index (χ4n) is 3.11. The van der Waals surface area contributed by atoms with E-state index in [-0.39, 0.29) is 6.61 Å². The van der Waals surface area contributed by atoms with Crippen molar-refractivity contribution in [2.45, 2.75) is 6.92 Å². The summed E-state index contributed by atoms with van der Waals surface area (Å²) in [6.45, 7) is 5.85. The van der Waals surface area contributed by atoms with Gasteiger partial charge in [0, 0.05) is 23.1 Å². The van der Waals surface area contributed by atoms with E-state index in [1.807, 2.05) is 43.3 Å². The largest absolute Gasteiger partial charge is 0.489 e. The lowest BCUT2D eigenvalue weighted by Gasteiger charge is -2.24. The first-order chi connectivity index (χ1) is 15.5. The van der Waals surface area contributed by atoms with Gasteiger partial charge in [0.05, 0.1) is 19.8 Å². The number of benzene rings is 2. The lowest BCUT2D eigenvalue weighted by atomic mass is 10.1. The second-order valence-electron chi connectivity index (χ2n) is 7.24. The summed E-state index contributed by atoms with van der Waals surface area (Å²) in [5.41, 5.74) is 2.75. The second kappa shape index (κ2) is 12.3. The number of allylic oxidation sites excluding steroid dienone is 1. The highest BCUT2D eigenvalue weighted by Crippen LogP contribution is 2.24. The molecular formula is C25H26BrNO5. The summed E-state index contributed by atoms with van der Waals surface area (Å²) in [4.78, 5) is 13.0. The molecule has 6 nitrogen and oxygen atoms in total. The van der Waals surface area contributed by atoms with Crippen molar-refractivity contribution in [3.63, 3.8) is 0 Å². The first-order valence-electron chi connectivity index (χ1n) is 10.3. The van der Waals surface area contributed by atoms with E-state index in [0.717, 1.165) is 47.5 Å². The standard InChI is InChI=1S/C25H26BrNO5/c1-19-17-23(8-9-24(19)32-18-25(28)29)31-14-10-20(21-4-6-22(26)7-5-21)3-2-11-27-12-15-30-16-13-27/h4-10,17H,11-16,18H2,1H3,(H,28,29)/b20-10-. The highest BCUT2D eigenvalue weighted by Gasteiger charge is 2.08. The van der Waals surface area contributed by atoms with Gasteiger partial charge in [-0.25, -0.2) is 4.79 Å². The fourth-order valence-corrected chi connectivity index (χ4v) is 3.38. The molecule has 0 amide bonds. The van der Waals surface area contributed by atoms with Crippen LogP contribution >= 0.6 is 15.9 Å². The van der Waals surface area contributed by atoms with Crippen molar-refractivity contribution in [2.75, 3.05) is 46.1 Å². The summed E-state index contributed by atoms with van der Waals surface area (Å²) in [6, 6.07) is 13.3. The Kier molecular flexibility index (Phi) is 9.17. The third kappa shape index (κ3) is 7.72. The maximum atomic E-state index is 10.7. The van der Waals surface area contributed by atoms with Crippen molar-refractivity contribution in [1.82, 2.24) is 4.90 Å². The van der Waals surface area contributed by atoms with Crippen LogP contribution in [0, 0.1) is 18.8 Å². The van der Waals surface area contributed by atoms with Gasteiger partial charge in [0.2, 0.25) is 0 Å². The molecule has 0 aromatic heterocycles. The Morgan fingerprint density at radius 1 is 1.19 bits per heavy atom. The molecule has 1 fully saturated rings. The molecule has 32 heavy (non-hydrogen) atoms. The van der Waals surface area contributed by atoms with E-state index < -0.39 is 5.97 Å². The van der Waals surface area contributed by atoms with Gasteiger partial charge >= 0.3 is 5.97 Å². The molecule has 1 heterocycles. The van der Waals surface area contributed by atoms with Gasteiger partial charge in [-0.05, 0) is 54.5 Å². The van der Waals surface area contributed by atoms with Crippen molar-refractivity contribution in [1.29, 1.82) is 0 Å². The number of morpholine rings is 1. The molecule has 1 N–H and O–H groups in total. The van der Waals surface area contributed by atoms with Gasteiger partial charge in [0.25, 0.3) is 0 Å². The third-order valence-corrected chi connectivity index (χ3v) is 5.35. The zero-order valence-electron chi connectivity index (χ0n) is 18.0. The van der Waals surface area contributed by atoms with Crippen LogP contribution < -0.4 is 9.47 Å². The average Bonchev–Trinajstić information content (AvgIpc) is 2.79. The van der Waals surface area contributed by atoms with E-state index in [1.165, 1.54) is 0 Å². The molecule has 0 spiro atoms. The number of hydrogen-bond donors (Lipinski definition) is 1. The van der Waals surface area contributed by atoms with Crippen molar-refractivity contribution >= 4 is 27.5 Å². The zero-order chi connectivity index (χ0) is 22.8. The van der Waals surface area contributed by atoms with Gasteiger partial charge in [0.1, 0.15) is 18.1 Å². The molecule has 0 radical (unpaired) electrons. The van der Waals surface area contributed by atoms with E-state index in [9.17, 15) is 4.79 Å². The highest BCUT2D eigenvalue weighted by atomic mass is 79.9. The van der Waals surface area contributed by atoms with E-state index in [2.05, 4.69) is 32.7 Å². The normalized spacial score (nSPS) is 14.4. The number of nitrogens with zero attached hydrogens (tertiary/aromatic N) is 1. The Balaban J connectivity index is 1.66. The molecule has 0 unspecified atom stereocenters. The SMILES string of the molecule is Cc1cc(OC/C=C(/C#CCN2CCOCC2)c2ccc(Br)cc2)ccc1OCC(=O)O. The second-order valence-corrected chi connectivity index (χ2v) is 8.15. The zero-order valence-corrected chi connectivity index (χ0v) is 19.6. The summed E-state index contributed by atoms with van der Waals surface area (Å²) in [5, 5.41) is 8.76. The molecule has 1 aliphatic heterocycles. The molecule has 0 aliphatic carbocycles. The van der Waals surface area contributed by atoms with Crippen LogP contribution in [-0.4, -0.2) is 62.0 Å². The molecule has 0 atom stereocenters. The van der Waals surface area contributed by atoms with Crippen LogP contribution in [0.4, 0.5) is 0 Å². The third-order valence-electron chi connectivity index (χ3n) is 4.82. The predicted octanol–water partition coefficient (Wildman–Crippen LogP) is 4.02. The Morgan fingerprint density at radius 2 is 1.94 bits per heavy atom. The van der Waals surface area contributed by atoms with Gasteiger partial charge in [-0.2, -0.15) is 0 Å². The van der Waals surface area contributed by atoms with Gasteiger partial charge in [-0.1, -0.05) is 39.9 Å². The van der Waals surface area contributed by atoms with Crippen LogP contribution in [0.1, 0.15) is 11.1 Å². The minimum atomic E-state index is -1.01. The molecule has 2 aromatic rings. The Hall–Kier alpha value is -2.79. The summed E-state index contributed by atoms with van der Waals surface area (Å²) >= 11 is 3.47. The summed E-state index contributed by atoms with van der Waals surface area (Å²) in [5.74, 6) is 6.77. The van der Waals surface area contributed by atoms with E-state index in [1.54, 1.807) is 12.1 Å². The maximum absolute atomic E-state index is 10.7. The van der Waals surface area contributed by atoms with Crippen LogP contribution in [-0.2, 0) is 9.53 Å². The van der Waals surface area contributed by atoms with E-state index in [0.29, 0.717) is 24.7 Å². The van der Waals surface area contributed by atoms with Crippen molar-refractivity contribution in [3.8, 4) is 23.3 Å². The number of carboxylic acids is 1. The van der Waals surface area contributed by atoms with Crippen molar-refractivity contribution in [3.05, 3.63) is 64.1 Å². The van der Waals surface area contributed by atoms with E-state index >= 15 is 0 Å². The molecular weight excluding hydrogens is 474 g/mol. The summed E-state index contributed by atoms with van der Waals surface area (Å²) in [7, 11) is 0. The predicted molar refractivity (Wildman–Crippen MR) is 127 cm³/mol. The first kappa shape index (κ1) is 23.9. The van der Waals surface area contributed by atoms with Crippen LogP contribution in [0.5, 0.6) is 11.5 Å². The first-order valence-corrected chi connectivity index (χ1v) is 11.1. The molecule has 0 bridgehead atoms. The number of carboxylic acid groups (broad SMARTS) is 1. The number of hydrogen-bond acceptors (Lipinski definition) is 5. The number of aryl methyl sites for hydroxylation is 1. The molecule has 0 saturated carbocycles. The van der Waals surface area contributed by atoms with Gasteiger partial charge < -0.3 is 19.3 Å². The Bertz CT molecular complexity index is 1000. The van der Waals surface area contributed by atoms with Crippen LogP contribution in [0.2, 0.25) is 0 Å². The van der Waals surface area contributed by atoms with Crippen LogP contribution in [0.25, 0.3) is 5.57 Å². The lowest BCUT2D eigenvalue weighted by Crippen LogP contribution is -2.36.